The van der Waals surface area contributed by atoms with Crippen LogP contribution in [0.5, 0.6) is 0 Å². The third kappa shape index (κ3) is 4.31. The van der Waals surface area contributed by atoms with Crippen LogP contribution in [0.3, 0.4) is 0 Å². The van der Waals surface area contributed by atoms with Crippen molar-refractivity contribution >= 4 is 0 Å². The first-order valence-corrected chi connectivity index (χ1v) is 6.96. The molecule has 0 N–H and O–H groups in total. The molecule has 0 aromatic rings. The van der Waals surface area contributed by atoms with Gasteiger partial charge in [-0.15, -0.1) is 0 Å². The van der Waals surface area contributed by atoms with Gasteiger partial charge in [0.1, 0.15) is 0 Å². The summed E-state index contributed by atoms with van der Waals surface area (Å²) in [7, 11) is 0. The van der Waals surface area contributed by atoms with Crippen molar-refractivity contribution in [2.24, 2.45) is 10.8 Å². The van der Waals surface area contributed by atoms with Crippen molar-refractivity contribution < 1.29 is 0 Å². The average molecular weight is 224 g/mol. The Morgan fingerprint density at radius 1 is 0.625 bits per heavy atom. The number of rotatable bonds is 0. The van der Waals surface area contributed by atoms with Gasteiger partial charge in [0.2, 0.25) is 0 Å². The van der Waals surface area contributed by atoms with E-state index >= 15 is 0 Å². The maximum atomic E-state index is 2.36. The first-order valence-electron chi connectivity index (χ1n) is 6.96. The zero-order valence-electron chi connectivity index (χ0n) is 12.8. The lowest BCUT2D eigenvalue weighted by Gasteiger charge is -2.36. The SMILES string of the molecule is CC.CC(C)(C)C1=C(C(C)(C)C)CCCC1. The highest BCUT2D eigenvalue weighted by atomic mass is 14.3. The van der Waals surface area contributed by atoms with Gasteiger partial charge in [-0.05, 0) is 36.5 Å². The van der Waals surface area contributed by atoms with E-state index in [9.17, 15) is 0 Å². The van der Waals surface area contributed by atoms with Gasteiger partial charge in [0, 0.05) is 0 Å². The number of hydrogen-bond acceptors (Lipinski definition) is 0. The second-order valence-electron chi connectivity index (χ2n) is 6.66. The van der Waals surface area contributed by atoms with Crippen LogP contribution < -0.4 is 0 Å². The molecule has 1 rings (SSSR count). The fourth-order valence-electron chi connectivity index (χ4n) is 2.56. The predicted molar refractivity (Wildman–Crippen MR) is 75.8 cm³/mol. The highest BCUT2D eigenvalue weighted by molar-refractivity contribution is 5.26. The minimum absolute atomic E-state index is 0.378. The average Bonchev–Trinajstić information content (AvgIpc) is 2.18. The van der Waals surface area contributed by atoms with Crippen molar-refractivity contribution in [2.75, 3.05) is 0 Å². The Bertz CT molecular complexity index is 204. The monoisotopic (exact) mass is 224 g/mol. The third-order valence-corrected chi connectivity index (χ3v) is 3.28. The summed E-state index contributed by atoms with van der Waals surface area (Å²) in [6.45, 7) is 18.2. The van der Waals surface area contributed by atoms with Gasteiger partial charge in [-0.1, -0.05) is 66.5 Å². The number of allylic oxidation sites excluding steroid dienone is 2. The summed E-state index contributed by atoms with van der Waals surface area (Å²) in [5.74, 6) is 0. The molecule has 0 heterocycles. The Kier molecular flexibility index (Phi) is 5.79. The summed E-state index contributed by atoms with van der Waals surface area (Å²) in [5.41, 5.74) is 4.22. The van der Waals surface area contributed by atoms with Crippen molar-refractivity contribution in [1.29, 1.82) is 0 Å². The predicted octanol–water partition coefficient (Wildman–Crippen LogP) is 5.98. The van der Waals surface area contributed by atoms with Crippen LogP contribution in [0.25, 0.3) is 0 Å². The Labute approximate surface area is 104 Å². The molecule has 1 aliphatic carbocycles. The Balaban J connectivity index is 0.00000106. The van der Waals surface area contributed by atoms with E-state index in [-0.39, 0.29) is 0 Å². The topological polar surface area (TPSA) is 0 Å². The summed E-state index contributed by atoms with van der Waals surface area (Å²) in [4.78, 5) is 0. The molecule has 0 aromatic heterocycles. The summed E-state index contributed by atoms with van der Waals surface area (Å²) < 4.78 is 0. The van der Waals surface area contributed by atoms with Gasteiger partial charge in [-0.25, -0.2) is 0 Å². The molecule has 0 bridgehead atoms. The minimum Gasteiger partial charge on any atom is -0.0683 e. The van der Waals surface area contributed by atoms with E-state index < -0.39 is 0 Å². The quantitative estimate of drug-likeness (QED) is 0.444. The lowest BCUT2D eigenvalue weighted by atomic mass is 9.69. The summed E-state index contributed by atoms with van der Waals surface area (Å²) >= 11 is 0. The number of hydrogen-bond donors (Lipinski definition) is 0. The lowest BCUT2D eigenvalue weighted by Crippen LogP contribution is -2.22. The first kappa shape index (κ1) is 15.7. The molecular formula is C16H32. The van der Waals surface area contributed by atoms with E-state index in [4.69, 9.17) is 0 Å². The van der Waals surface area contributed by atoms with Gasteiger partial charge in [0.05, 0.1) is 0 Å². The van der Waals surface area contributed by atoms with Crippen LogP contribution in [0.4, 0.5) is 0 Å². The van der Waals surface area contributed by atoms with E-state index in [2.05, 4.69) is 41.5 Å². The second-order valence-corrected chi connectivity index (χ2v) is 6.66. The van der Waals surface area contributed by atoms with Crippen LogP contribution >= 0.6 is 0 Å². The zero-order chi connectivity index (χ0) is 13.0. The van der Waals surface area contributed by atoms with Gasteiger partial charge in [0.25, 0.3) is 0 Å². The molecule has 0 atom stereocenters. The highest BCUT2D eigenvalue weighted by Gasteiger charge is 2.29. The van der Waals surface area contributed by atoms with Gasteiger partial charge in [-0.2, -0.15) is 0 Å². The molecule has 0 saturated heterocycles. The van der Waals surface area contributed by atoms with E-state index in [0.717, 1.165) is 0 Å². The molecule has 0 aliphatic heterocycles. The van der Waals surface area contributed by atoms with Crippen LogP contribution in [-0.2, 0) is 0 Å². The fraction of sp³-hybridized carbons (Fsp3) is 0.875. The molecule has 0 amide bonds. The zero-order valence-corrected chi connectivity index (χ0v) is 12.8. The first-order chi connectivity index (χ1) is 7.23. The smallest absolute Gasteiger partial charge is 0.0170 e. The van der Waals surface area contributed by atoms with Crippen LogP contribution in [0, 0.1) is 10.8 Å². The maximum Gasteiger partial charge on any atom is -0.0170 e. The van der Waals surface area contributed by atoms with E-state index in [1.165, 1.54) is 25.7 Å². The van der Waals surface area contributed by atoms with Gasteiger partial charge in [-0.3, -0.25) is 0 Å². The Morgan fingerprint density at radius 2 is 0.875 bits per heavy atom. The highest BCUT2D eigenvalue weighted by Crippen LogP contribution is 2.44. The molecule has 0 saturated carbocycles. The normalized spacial score (nSPS) is 18.0. The summed E-state index contributed by atoms with van der Waals surface area (Å²) in [6.07, 6.45) is 5.45. The van der Waals surface area contributed by atoms with E-state index in [1.807, 2.05) is 13.8 Å². The van der Waals surface area contributed by atoms with Gasteiger partial charge in [0.15, 0.2) is 0 Å². The molecule has 0 radical (unpaired) electrons. The minimum atomic E-state index is 0.378. The van der Waals surface area contributed by atoms with Gasteiger partial charge < -0.3 is 0 Å². The molecule has 0 unspecified atom stereocenters. The summed E-state index contributed by atoms with van der Waals surface area (Å²) in [6, 6.07) is 0. The lowest BCUT2D eigenvalue weighted by molar-refractivity contribution is 0.389. The van der Waals surface area contributed by atoms with Crippen molar-refractivity contribution in [3.63, 3.8) is 0 Å². The van der Waals surface area contributed by atoms with Crippen LogP contribution in [0.2, 0.25) is 0 Å². The fourth-order valence-corrected chi connectivity index (χ4v) is 2.56. The third-order valence-electron chi connectivity index (χ3n) is 3.28. The second kappa shape index (κ2) is 5.89. The molecule has 0 aromatic carbocycles. The van der Waals surface area contributed by atoms with Gasteiger partial charge >= 0.3 is 0 Å². The molecule has 16 heavy (non-hydrogen) atoms. The Hall–Kier alpha value is -0.260. The van der Waals surface area contributed by atoms with E-state index in [1.54, 1.807) is 11.1 Å². The standard InChI is InChI=1S/C14H26.C2H6/c1-13(2,3)11-9-7-8-10-12(11)14(4,5)6;1-2/h7-10H2,1-6H3;1-2H3. The Morgan fingerprint density at radius 3 is 1.06 bits per heavy atom. The molecule has 96 valence electrons. The van der Waals surface area contributed by atoms with Crippen LogP contribution in [-0.4, -0.2) is 0 Å². The van der Waals surface area contributed by atoms with Crippen molar-refractivity contribution in [3.8, 4) is 0 Å². The van der Waals surface area contributed by atoms with E-state index in [0.29, 0.717) is 10.8 Å². The van der Waals surface area contributed by atoms with Crippen LogP contribution in [0.15, 0.2) is 11.1 Å². The molecule has 0 spiro atoms. The molecule has 0 nitrogen and oxygen atoms in total. The maximum absolute atomic E-state index is 2.36. The molecule has 1 aliphatic rings. The van der Waals surface area contributed by atoms with Crippen molar-refractivity contribution in [3.05, 3.63) is 11.1 Å². The largest absolute Gasteiger partial charge is 0.0683 e. The van der Waals surface area contributed by atoms with Crippen molar-refractivity contribution in [1.82, 2.24) is 0 Å². The molecular weight excluding hydrogens is 192 g/mol. The van der Waals surface area contributed by atoms with Crippen molar-refractivity contribution in [2.45, 2.75) is 81.1 Å². The van der Waals surface area contributed by atoms with Crippen LogP contribution in [0.1, 0.15) is 81.1 Å². The molecule has 0 heteroatoms. The molecule has 0 fully saturated rings. The summed E-state index contributed by atoms with van der Waals surface area (Å²) in [5, 5.41) is 0.